The number of likely N-dealkylation sites (N-methyl/N-ethyl adjacent to an activating group) is 2. The monoisotopic (exact) mass is 288 g/mol. The molecule has 0 unspecified atom stereocenters. The maximum atomic E-state index is 12.1. The van der Waals surface area contributed by atoms with E-state index in [1.807, 2.05) is 0 Å². The van der Waals surface area contributed by atoms with E-state index in [4.69, 9.17) is 9.47 Å². The van der Waals surface area contributed by atoms with Crippen molar-refractivity contribution in [3.05, 3.63) is 29.3 Å². The third kappa shape index (κ3) is 2.03. The summed E-state index contributed by atoms with van der Waals surface area (Å²) in [6.45, 7) is 0.146. The molecule has 21 heavy (non-hydrogen) atoms. The Morgan fingerprint density at radius 1 is 1.00 bits per heavy atom. The Balaban J connectivity index is 2.00. The van der Waals surface area contributed by atoms with Crippen molar-refractivity contribution in [3.8, 4) is 11.5 Å². The summed E-state index contributed by atoms with van der Waals surface area (Å²) in [5.41, 5.74) is 0.547. The van der Waals surface area contributed by atoms with E-state index in [1.54, 1.807) is 18.2 Å². The molecule has 1 fully saturated rings. The van der Waals surface area contributed by atoms with Gasteiger partial charge in [0.25, 0.3) is 11.8 Å². The Bertz CT molecular complexity index is 669. The second-order valence-electron chi connectivity index (χ2n) is 4.68. The molecule has 108 valence electrons. The highest BCUT2D eigenvalue weighted by Gasteiger charge is 2.37. The van der Waals surface area contributed by atoms with Gasteiger partial charge in [0.1, 0.15) is 5.57 Å². The first-order chi connectivity index (χ1) is 9.99. The SMILES string of the molecule is CN1C(=O)C(=Cc2ccc3c(c2)OCO3)C(=O)N(C)C1=O. The Kier molecular flexibility index (Phi) is 2.90. The fraction of sp³-hybridized carbons (Fsp3) is 0.214. The normalized spacial score (nSPS) is 17.6. The van der Waals surface area contributed by atoms with Crippen molar-refractivity contribution in [1.82, 2.24) is 9.80 Å². The van der Waals surface area contributed by atoms with E-state index < -0.39 is 17.8 Å². The third-order valence-corrected chi connectivity index (χ3v) is 3.35. The zero-order valence-corrected chi connectivity index (χ0v) is 11.5. The van der Waals surface area contributed by atoms with Gasteiger partial charge in [-0.3, -0.25) is 19.4 Å². The van der Waals surface area contributed by atoms with Gasteiger partial charge in [-0.15, -0.1) is 0 Å². The van der Waals surface area contributed by atoms with Crippen molar-refractivity contribution in [2.45, 2.75) is 0 Å². The van der Waals surface area contributed by atoms with Gasteiger partial charge in [0.05, 0.1) is 0 Å². The number of imide groups is 2. The van der Waals surface area contributed by atoms with Crippen LogP contribution in [-0.4, -0.2) is 48.5 Å². The highest BCUT2D eigenvalue weighted by atomic mass is 16.7. The van der Waals surface area contributed by atoms with Gasteiger partial charge in [-0.05, 0) is 23.8 Å². The number of nitrogens with zero attached hydrogens (tertiary/aromatic N) is 2. The molecule has 0 bridgehead atoms. The fourth-order valence-electron chi connectivity index (χ4n) is 2.14. The van der Waals surface area contributed by atoms with Crippen molar-refractivity contribution < 1.29 is 23.9 Å². The summed E-state index contributed by atoms with van der Waals surface area (Å²) < 4.78 is 10.4. The lowest BCUT2D eigenvalue weighted by molar-refractivity contribution is -0.134. The van der Waals surface area contributed by atoms with Gasteiger partial charge < -0.3 is 9.47 Å². The summed E-state index contributed by atoms with van der Waals surface area (Å²) in [5.74, 6) is -0.0813. The first-order valence-corrected chi connectivity index (χ1v) is 6.20. The van der Waals surface area contributed by atoms with Gasteiger partial charge in [-0.2, -0.15) is 0 Å². The Hall–Kier alpha value is -2.83. The van der Waals surface area contributed by atoms with E-state index in [1.165, 1.54) is 20.2 Å². The second kappa shape index (κ2) is 4.62. The maximum Gasteiger partial charge on any atom is 0.333 e. The standard InChI is InChI=1S/C14H12N2O5/c1-15-12(17)9(13(18)16(2)14(15)19)5-8-3-4-10-11(6-8)21-7-20-10/h3-6H,7H2,1-2H3. The number of fused-ring (bicyclic) bond motifs is 1. The topological polar surface area (TPSA) is 76.2 Å². The molecule has 1 aromatic rings. The quantitative estimate of drug-likeness (QED) is 0.565. The van der Waals surface area contributed by atoms with Crippen LogP contribution in [0, 0.1) is 0 Å². The molecule has 3 rings (SSSR count). The van der Waals surface area contributed by atoms with Gasteiger partial charge in [0, 0.05) is 14.1 Å². The number of carbonyl (C=O) groups excluding carboxylic acids is 3. The molecule has 1 aromatic carbocycles. The molecule has 2 aliphatic rings. The Labute approximate surface area is 120 Å². The molecule has 2 heterocycles. The largest absolute Gasteiger partial charge is 0.454 e. The first kappa shape index (κ1) is 13.2. The van der Waals surface area contributed by atoms with Gasteiger partial charge in [0.2, 0.25) is 6.79 Å². The van der Waals surface area contributed by atoms with Crippen molar-refractivity contribution in [3.63, 3.8) is 0 Å². The number of hydrogen-bond donors (Lipinski definition) is 0. The second-order valence-corrected chi connectivity index (χ2v) is 4.68. The number of amides is 4. The van der Waals surface area contributed by atoms with Crippen LogP contribution in [0.3, 0.4) is 0 Å². The number of rotatable bonds is 1. The molecule has 4 amide bonds. The molecule has 0 N–H and O–H groups in total. The molecular formula is C14H12N2O5. The molecule has 0 aromatic heterocycles. The average Bonchev–Trinajstić information content (AvgIpc) is 2.95. The van der Waals surface area contributed by atoms with E-state index in [2.05, 4.69) is 0 Å². The summed E-state index contributed by atoms with van der Waals surface area (Å²) in [6, 6.07) is 4.43. The summed E-state index contributed by atoms with van der Waals surface area (Å²) in [6.07, 6.45) is 1.44. The Morgan fingerprint density at radius 3 is 2.29 bits per heavy atom. The molecule has 0 aliphatic carbocycles. The minimum atomic E-state index is -0.646. The fourth-order valence-corrected chi connectivity index (χ4v) is 2.14. The highest BCUT2D eigenvalue weighted by molar-refractivity contribution is 6.30. The number of ether oxygens (including phenoxy) is 2. The summed E-state index contributed by atoms with van der Waals surface area (Å²) in [4.78, 5) is 37.6. The van der Waals surface area contributed by atoms with E-state index in [0.29, 0.717) is 17.1 Å². The van der Waals surface area contributed by atoms with Crippen LogP contribution in [0.2, 0.25) is 0 Å². The molecule has 0 saturated carbocycles. The molecule has 0 radical (unpaired) electrons. The van der Waals surface area contributed by atoms with Crippen LogP contribution in [0.4, 0.5) is 4.79 Å². The zero-order valence-electron chi connectivity index (χ0n) is 11.5. The zero-order chi connectivity index (χ0) is 15.1. The summed E-state index contributed by atoms with van der Waals surface area (Å²) in [7, 11) is 2.67. The van der Waals surface area contributed by atoms with Gasteiger partial charge >= 0.3 is 6.03 Å². The molecule has 7 heteroatoms. The Morgan fingerprint density at radius 2 is 1.62 bits per heavy atom. The van der Waals surface area contributed by atoms with Gasteiger partial charge in [-0.1, -0.05) is 6.07 Å². The van der Waals surface area contributed by atoms with E-state index >= 15 is 0 Å². The summed E-state index contributed by atoms with van der Waals surface area (Å²) in [5, 5.41) is 0. The number of hydrogen-bond acceptors (Lipinski definition) is 5. The predicted octanol–water partition coefficient (Wildman–Crippen LogP) is 0.849. The van der Waals surface area contributed by atoms with E-state index in [0.717, 1.165) is 9.80 Å². The molecule has 0 spiro atoms. The van der Waals surface area contributed by atoms with E-state index in [9.17, 15) is 14.4 Å². The van der Waals surface area contributed by atoms with Crippen LogP contribution in [0.15, 0.2) is 23.8 Å². The lowest BCUT2D eigenvalue weighted by Gasteiger charge is -2.28. The van der Waals surface area contributed by atoms with Crippen LogP contribution in [0.25, 0.3) is 6.08 Å². The molecule has 0 atom stereocenters. The maximum absolute atomic E-state index is 12.1. The number of barbiturate groups is 1. The van der Waals surface area contributed by atoms with Crippen LogP contribution in [0.1, 0.15) is 5.56 Å². The summed E-state index contributed by atoms with van der Waals surface area (Å²) >= 11 is 0. The van der Waals surface area contributed by atoms with Gasteiger partial charge in [-0.25, -0.2) is 4.79 Å². The minimum Gasteiger partial charge on any atom is -0.454 e. The minimum absolute atomic E-state index is 0.0709. The van der Waals surface area contributed by atoms with Crippen molar-refractivity contribution in [2.75, 3.05) is 20.9 Å². The van der Waals surface area contributed by atoms with Crippen molar-refractivity contribution in [1.29, 1.82) is 0 Å². The number of benzene rings is 1. The average molecular weight is 288 g/mol. The number of urea groups is 1. The smallest absolute Gasteiger partial charge is 0.333 e. The van der Waals surface area contributed by atoms with E-state index in [-0.39, 0.29) is 12.4 Å². The van der Waals surface area contributed by atoms with Crippen molar-refractivity contribution in [2.24, 2.45) is 0 Å². The van der Waals surface area contributed by atoms with Crippen LogP contribution >= 0.6 is 0 Å². The van der Waals surface area contributed by atoms with Crippen molar-refractivity contribution >= 4 is 23.9 Å². The lowest BCUT2D eigenvalue weighted by atomic mass is 10.1. The lowest BCUT2D eigenvalue weighted by Crippen LogP contribution is -2.52. The molecule has 1 saturated heterocycles. The third-order valence-electron chi connectivity index (χ3n) is 3.35. The van der Waals surface area contributed by atoms with Gasteiger partial charge in [0.15, 0.2) is 11.5 Å². The molecular weight excluding hydrogens is 276 g/mol. The van der Waals surface area contributed by atoms with Crippen LogP contribution in [0.5, 0.6) is 11.5 Å². The highest BCUT2D eigenvalue weighted by Crippen LogP contribution is 2.33. The first-order valence-electron chi connectivity index (χ1n) is 6.20. The number of carbonyl (C=O) groups is 3. The van der Waals surface area contributed by atoms with Crippen LogP contribution in [-0.2, 0) is 9.59 Å². The molecule has 2 aliphatic heterocycles. The molecule has 7 nitrogen and oxygen atoms in total. The van der Waals surface area contributed by atoms with Crippen LogP contribution < -0.4 is 9.47 Å². The predicted molar refractivity (Wildman–Crippen MR) is 71.5 cm³/mol.